The van der Waals surface area contributed by atoms with Crippen LogP contribution in [0.3, 0.4) is 0 Å². The van der Waals surface area contributed by atoms with Gasteiger partial charge in [-0.3, -0.25) is 4.79 Å². The number of hydrogen-bond acceptors (Lipinski definition) is 7. The first kappa shape index (κ1) is 20.1. The lowest BCUT2D eigenvalue weighted by molar-refractivity contribution is 0.0923. The Labute approximate surface area is 168 Å². The SMILES string of the molecule is COc1ccc(-c2c(N)nn(C(C)=O)c2-c2cc(OC)c(OC)c(OC)c2)cc1. The molecule has 0 amide bonds. The average Bonchev–Trinajstić information content (AvgIpc) is 3.10. The molecule has 1 heterocycles. The van der Waals surface area contributed by atoms with Crippen LogP contribution in [0.15, 0.2) is 36.4 Å². The van der Waals surface area contributed by atoms with Gasteiger partial charge in [0, 0.05) is 12.5 Å². The van der Waals surface area contributed by atoms with Crippen molar-refractivity contribution in [3.63, 3.8) is 0 Å². The lowest BCUT2D eigenvalue weighted by Gasteiger charge is -2.15. The summed E-state index contributed by atoms with van der Waals surface area (Å²) in [5.41, 5.74) is 8.80. The molecule has 8 heteroatoms. The number of rotatable bonds is 6. The zero-order valence-electron chi connectivity index (χ0n) is 17.0. The van der Waals surface area contributed by atoms with E-state index in [1.807, 2.05) is 24.3 Å². The highest BCUT2D eigenvalue weighted by molar-refractivity contribution is 5.94. The van der Waals surface area contributed by atoms with Crippen molar-refractivity contribution >= 4 is 11.7 Å². The molecule has 0 aliphatic heterocycles. The van der Waals surface area contributed by atoms with E-state index in [4.69, 9.17) is 24.7 Å². The number of anilines is 1. The molecule has 0 aliphatic rings. The van der Waals surface area contributed by atoms with Crippen molar-refractivity contribution in [2.75, 3.05) is 34.2 Å². The monoisotopic (exact) mass is 397 g/mol. The van der Waals surface area contributed by atoms with E-state index in [9.17, 15) is 4.79 Å². The van der Waals surface area contributed by atoms with Gasteiger partial charge >= 0.3 is 0 Å². The Morgan fingerprint density at radius 1 is 0.897 bits per heavy atom. The largest absolute Gasteiger partial charge is 0.497 e. The van der Waals surface area contributed by atoms with Gasteiger partial charge in [-0.15, -0.1) is 5.10 Å². The molecule has 3 rings (SSSR count). The van der Waals surface area contributed by atoms with E-state index in [0.29, 0.717) is 39.8 Å². The smallest absolute Gasteiger partial charge is 0.244 e. The molecule has 1 aromatic heterocycles. The summed E-state index contributed by atoms with van der Waals surface area (Å²) >= 11 is 0. The van der Waals surface area contributed by atoms with Gasteiger partial charge in [-0.1, -0.05) is 12.1 Å². The summed E-state index contributed by atoms with van der Waals surface area (Å²) in [4.78, 5) is 12.3. The first-order valence-electron chi connectivity index (χ1n) is 8.79. The molecule has 29 heavy (non-hydrogen) atoms. The van der Waals surface area contributed by atoms with Crippen molar-refractivity contribution in [2.24, 2.45) is 0 Å². The number of benzene rings is 2. The van der Waals surface area contributed by atoms with Crippen LogP contribution < -0.4 is 24.7 Å². The predicted octanol–water partition coefficient (Wildman–Crippen LogP) is 3.49. The van der Waals surface area contributed by atoms with Crippen molar-refractivity contribution < 1.29 is 23.7 Å². The Hall–Kier alpha value is -3.68. The van der Waals surface area contributed by atoms with Gasteiger partial charge in [-0.25, -0.2) is 0 Å². The third kappa shape index (κ3) is 3.56. The predicted molar refractivity (Wildman–Crippen MR) is 110 cm³/mol. The normalized spacial score (nSPS) is 10.5. The van der Waals surface area contributed by atoms with E-state index in [1.165, 1.54) is 32.9 Å². The fourth-order valence-corrected chi connectivity index (χ4v) is 3.19. The molecule has 0 spiro atoms. The fourth-order valence-electron chi connectivity index (χ4n) is 3.19. The van der Waals surface area contributed by atoms with Crippen molar-refractivity contribution in [1.29, 1.82) is 0 Å². The number of nitrogens with two attached hydrogens (primary N) is 1. The van der Waals surface area contributed by atoms with Crippen LogP contribution in [-0.2, 0) is 0 Å². The Morgan fingerprint density at radius 2 is 1.48 bits per heavy atom. The van der Waals surface area contributed by atoms with Crippen LogP contribution in [0.4, 0.5) is 5.82 Å². The second kappa shape index (κ2) is 8.14. The number of nitrogen functional groups attached to an aromatic ring is 1. The molecule has 152 valence electrons. The molecule has 3 aromatic rings. The zero-order valence-corrected chi connectivity index (χ0v) is 17.0. The van der Waals surface area contributed by atoms with E-state index < -0.39 is 0 Å². The van der Waals surface area contributed by atoms with E-state index in [2.05, 4.69) is 5.10 Å². The lowest BCUT2D eigenvalue weighted by atomic mass is 9.99. The van der Waals surface area contributed by atoms with E-state index in [0.717, 1.165) is 5.56 Å². The third-order valence-electron chi connectivity index (χ3n) is 4.53. The van der Waals surface area contributed by atoms with Crippen LogP contribution in [0, 0.1) is 0 Å². The maximum absolute atomic E-state index is 12.3. The molecule has 2 N–H and O–H groups in total. The molecular formula is C21H23N3O5. The molecule has 8 nitrogen and oxygen atoms in total. The summed E-state index contributed by atoms with van der Waals surface area (Å²) in [6.07, 6.45) is 0. The maximum atomic E-state index is 12.3. The molecule has 0 atom stereocenters. The van der Waals surface area contributed by atoms with Gasteiger partial charge in [0.25, 0.3) is 0 Å². The summed E-state index contributed by atoms with van der Waals surface area (Å²) in [7, 11) is 6.18. The first-order valence-corrected chi connectivity index (χ1v) is 8.79. The Balaban J connectivity index is 2.32. The highest BCUT2D eigenvalue weighted by atomic mass is 16.5. The van der Waals surface area contributed by atoms with Crippen LogP contribution in [-0.4, -0.2) is 44.1 Å². The Kier molecular flexibility index (Phi) is 5.63. The van der Waals surface area contributed by atoms with E-state index in [1.54, 1.807) is 19.2 Å². The van der Waals surface area contributed by atoms with Crippen LogP contribution in [0.5, 0.6) is 23.0 Å². The lowest BCUT2D eigenvalue weighted by Crippen LogP contribution is -2.10. The average molecular weight is 397 g/mol. The minimum absolute atomic E-state index is 0.231. The standard InChI is InChI=1S/C21H23N3O5/c1-12(25)24-19(14-10-16(27-3)20(29-5)17(11-14)28-4)18(21(22)23-24)13-6-8-15(26-2)9-7-13/h6-11H,1-5H3,(H2,22,23). The number of nitrogens with zero attached hydrogens (tertiary/aromatic N) is 2. The summed E-state index contributed by atoms with van der Waals surface area (Å²) < 4.78 is 22.8. The molecule has 0 saturated heterocycles. The van der Waals surface area contributed by atoms with Crippen LogP contribution in [0.25, 0.3) is 22.4 Å². The molecule has 0 unspecified atom stereocenters. The van der Waals surface area contributed by atoms with Gasteiger partial charge in [-0.05, 0) is 29.8 Å². The first-order chi connectivity index (χ1) is 13.9. The molecule has 0 radical (unpaired) electrons. The van der Waals surface area contributed by atoms with Crippen LogP contribution in [0.1, 0.15) is 11.7 Å². The van der Waals surface area contributed by atoms with Gasteiger partial charge in [0.1, 0.15) is 5.75 Å². The highest BCUT2D eigenvalue weighted by Gasteiger charge is 2.24. The van der Waals surface area contributed by atoms with Gasteiger partial charge in [0.2, 0.25) is 11.7 Å². The molecule has 0 saturated carbocycles. The second-order valence-corrected chi connectivity index (χ2v) is 6.18. The van der Waals surface area contributed by atoms with E-state index >= 15 is 0 Å². The van der Waals surface area contributed by atoms with Crippen molar-refractivity contribution in [1.82, 2.24) is 9.78 Å². The number of ether oxygens (including phenoxy) is 4. The van der Waals surface area contributed by atoms with Crippen LogP contribution in [0.2, 0.25) is 0 Å². The van der Waals surface area contributed by atoms with Crippen LogP contribution >= 0.6 is 0 Å². The van der Waals surface area contributed by atoms with Gasteiger partial charge in [0.05, 0.1) is 39.7 Å². The summed E-state index contributed by atoms with van der Waals surface area (Å²) in [6.45, 7) is 1.42. The van der Waals surface area contributed by atoms with Gasteiger partial charge < -0.3 is 24.7 Å². The second-order valence-electron chi connectivity index (χ2n) is 6.18. The fraction of sp³-hybridized carbons (Fsp3) is 0.238. The highest BCUT2D eigenvalue weighted by Crippen LogP contribution is 2.44. The van der Waals surface area contributed by atoms with Crippen molar-refractivity contribution in [2.45, 2.75) is 6.92 Å². The minimum Gasteiger partial charge on any atom is -0.497 e. The van der Waals surface area contributed by atoms with Crippen molar-refractivity contribution in [3.05, 3.63) is 36.4 Å². The maximum Gasteiger partial charge on any atom is 0.244 e. The summed E-state index contributed by atoms with van der Waals surface area (Å²) in [5, 5.41) is 4.26. The number of hydrogen-bond donors (Lipinski definition) is 1. The topological polar surface area (TPSA) is 97.8 Å². The Morgan fingerprint density at radius 3 is 1.93 bits per heavy atom. The number of methoxy groups -OCH3 is 4. The molecule has 0 aliphatic carbocycles. The molecule has 2 aromatic carbocycles. The number of carbonyl (C=O) groups is 1. The third-order valence-corrected chi connectivity index (χ3v) is 4.53. The quantitative estimate of drug-likeness (QED) is 0.680. The summed E-state index contributed by atoms with van der Waals surface area (Å²) in [6, 6.07) is 10.9. The molecule has 0 bridgehead atoms. The summed E-state index contributed by atoms with van der Waals surface area (Å²) in [5.74, 6) is 2.02. The van der Waals surface area contributed by atoms with Gasteiger partial charge in [0.15, 0.2) is 17.3 Å². The van der Waals surface area contributed by atoms with E-state index in [-0.39, 0.29) is 11.7 Å². The van der Waals surface area contributed by atoms with Crippen molar-refractivity contribution in [3.8, 4) is 45.4 Å². The zero-order chi connectivity index (χ0) is 21.1. The molecule has 0 fully saturated rings. The number of carbonyl (C=O) groups excluding carboxylic acids is 1. The number of aromatic nitrogens is 2. The minimum atomic E-state index is -0.278. The molecular weight excluding hydrogens is 374 g/mol. The van der Waals surface area contributed by atoms with Gasteiger partial charge in [-0.2, -0.15) is 4.68 Å². The Bertz CT molecular complexity index is 1020.